The lowest BCUT2D eigenvalue weighted by molar-refractivity contribution is 0.0124. The van der Waals surface area contributed by atoms with Crippen molar-refractivity contribution in [1.82, 2.24) is 9.97 Å². The molecule has 1 heterocycles. The predicted molar refractivity (Wildman–Crippen MR) is 71.2 cm³/mol. The van der Waals surface area contributed by atoms with Crippen molar-refractivity contribution in [3.05, 3.63) is 18.1 Å². The third-order valence-corrected chi connectivity index (χ3v) is 3.89. The van der Waals surface area contributed by atoms with Crippen LogP contribution >= 0.6 is 0 Å². The first kappa shape index (κ1) is 14.2. The van der Waals surface area contributed by atoms with E-state index in [0.29, 0.717) is 23.7 Å². The second kappa shape index (κ2) is 5.39. The highest BCUT2D eigenvalue weighted by atomic mass is 19.3. The molecule has 3 atom stereocenters. The van der Waals surface area contributed by atoms with Gasteiger partial charge < -0.3 is 5.32 Å². The SMILES string of the molecule is CC1CCC(C)C(Nc2cnc(C(C)(F)F)cn2)C1. The molecule has 1 N–H and O–H groups in total. The molecule has 5 heteroatoms. The van der Waals surface area contributed by atoms with Crippen molar-refractivity contribution in [2.24, 2.45) is 11.8 Å². The van der Waals surface area contributed by atoms with Gasteiger partial charge in [0.1, 0.15) is 11.5 Å². The van der Waals surface area contributed by atoms with Crippen LogP contribution in [0.3, 0.4) is 0 Å². The van der Waals surface area contributed by atoms with Crippen molar-refractivity contribution in [3.63, 3.8) is 0 Å². The Morgan fingerprint density at radius 3 is 2.53 bits per heavy atom. The van der Waals surface area contributed by atoms with E-state index in [1.165, 1.54) is 19.0 Å². The fraction of sp³-hybridized carbons (Fsp3) is 0.714. The number of nitrogens with one attached hydrogen (secondary N) is 1. The van der Waals surface area contributed by atoms with Crippen LogP contribution in [-0.2, 0) is 5.92 Å². The van der Waals surface area contributed by atoms with Crippen LogP contribution in [0.4, 0.5) is 14.6 Å². The van der Waals surface area contributed by atoms with Crippen molar-refractivity contribution >= 4 is 5.82 Å². The van der Waals surface area contributed by atoms with Crippen molar-refractivity contribution in [3.8, 4) is 0 Å². The number of alkyl halides is 2. The maximum absolute atomic E-state index is 13.0. The first-order valence-corrected chi connectivity index (χ1v) is 6.83. The van der Waals surface area contributed by atoms with E-state index in [9.17, 15) is 8.78 Å². The fourth-order valence-corrected chi connectivity index (χ4v) is 2.55. The summed E-state index contributed by atoms with van der Waals surface area (Å²) in [6.07, 6.45) is 6.09. The monoisotopic (exact) mass is 269 g/mol. The minimum Gasteiger partial charge on any atom is -0.366 e. The van der Waals surface area contributed by atoms with Crippen LogP contribution in [0.15, 0.2) is 12.4 Å². The van der Waals surface area contributed by atoms with Gasteiger partial charge in [-0.1, -0.05) is 20.3 Å². The Kier molecular flexibility index (Phi) is 4.02. The topological polar surface area (TPSA) is 37.8 Å². The van der Waals surface area contributed by atoms with Gasteiger partial charge in [0, 0.05) is 13.0 Å². The molecule has 106 valence electrons. The van der Waals surface area contributed by atoms with Crippen molar-refractivity contribution < 1.29 is 8.78 Å². The van der Waals surface area contributed by atoms with Gasteiger partial charge in [-0.05, 0) is 24.7 Å². The van der Waals surface area contributed by atoms with Gasteiger partial charge in [-0.15, -0.1) is 0 Å². The molecule has 1 fully saturated rings. The van der Waals surface area contributed by atoms with Crippen molar-refractivity contribution in [1.29, 1.82) is 0 Å². The lowest BCUT2D eigenvalue weighted by Crippen LogP contribution is -2.33. The van der Waals surface area contributed by atoms with E-state index in [0.717, 1.165) is 19.5 Å². The fourth-order valence-electron chi connectivity index (χ4n) is 2.55. The molecule has 1 aromatic rings. The van der Waals surface area contributed by atoms with Gasteiger partial charge >= 0.3 is 0 Å². The summed E-state index contributed by atoms with van der Waals surface area (Å²) in [7, 11) is 0. The first-order valence-electron chi connectivity index (χ1n) is 6.83. The number of rotatable bonds is 3. The van der Waals surface area contributed by atoms with E-state index in [2.05, 4.69) is 29.1 Å². The molecule has 1 aromatic heterocycles. The second-order valence-corrected chi connectivity index (χ2v) is 5.82. The maximum Gasteiger partial charge on any atom is 0.288 e. The zero-order valence-electron chi connectivity index (χ0n) is 11.7. The average molecular weight is 269 g/mol. The molecule has 3 unspecified atom stereocenters. The van der Waals surface area contributed by atoms with Gasteiger partial charge in [0.15, 0.2) is 0 Å². The second-order valence-electron chi connectivity index (χ2n) is 5.82. The largest absolute Gasteiger partial charge is 0.366 e. The van der Waals surface area contributed by atoms with Crippen molar-refractivity contribution in [2.75, 3.05) is 5.32 Å². The molecule has 0 saturated heterocycles. The summed E-state index contributed by atoms with van der Waals surface area (Å²) < 4.78 is 26.1. The van der Waals surface area contributed by atoms with Gasteiger partial charge in [-0.25, -0.2) is 9.97 Å². The predicted octanol–water partition coefficient (Wildman–Crippen LogP) is 3.82. The third-order valence-electron chi connectivity index (χ3n) is 3.89. The zero-order chi connectivity index (χ0) is 14.0. The molecule has 0 bridgehead atoms. The Morgan fingerprint density at radius 2 is 1.95 bits per heavy atom. The molecule has 2 rings (SSSR count). The first-order chi connectivity index (χ1) is 8.86. The number of nitrogens with zero attached hydrogens (tertiary/aromatic N) is 2. The lowest BCUT2D eigenvalue weighted by Gasteiger charge is -2.33. The van der Waals surface area contributed by atoms with Crippen LogP contribution in [0.5, 0.6) is 0 Å². The summed E-state index contributed by atoms with van der Waals surface area (Å²) >= 11 is 0. The molecule has 3 nitrogen and oxygen atoms in total. The average Bonchev–Trinajstić information content (AvgIpc) is 2.33. The Hall–Kier alpha value is -1.26. The van der Waals surface area contributed by atoms with Gasteiger partial charge in [-0.3, -0.25) is 0 Å². The van der Waals surface area contributed by atoms with Gasteiger partial charge in [0.2, 0.25) is 0 Å². The number of hydrogen-bond donors (Lipinski definition) is 1. The summed E-state index contributed by atoms with van der Waals surface area (Å²) in [5.74, 6) is -1.08. The summed E-state index contributed by atoms with van der Waals surface area (Å²) in [5, 5.41) is 3.32. The van der Waals surface area contributed by atoms with Gasteiger partial charge in [0.25, 0.3) is 5.92 Å². The number of hydrogen-bond acceptors (Lipinski definition) is 3. The van der Waals surface area contributed by atoms with E-state index in [4.69, 9.17) is 0 Å². The molecule has 1 aliphatic carbocycles. The van der Waals surface area contributed by atoms with E-state index < -0.39 is 5.92 Å². The standard InChI is InChI=1S/C14H21F2N3/c1-9-4-5-10(2)11(6-9)19-13-8-17-12(7-18-13)14(3,15)16/h7-11H,4-6H2,1-3H3,(H,18,19). The molecule has 0 amide bonds. The molecule has 19 heavy (non-hydrogen) atoms. The summed E-state index contributed by atoms with van der Waals surface area (Å²) in [5.41, 5.74) is -0.289. The van der Waals surface area contributed by atoms with Crippen LogP contribution < -0.4 is 5.32 Å². The summed E-state index contributed by atoms with van der Waals surface area (Å²) in [6, 6.07) is 0.353. The van der Waals surface area contributed by atoms with Crippen LogP contribution in [0.2, 0.25) is 0 Å². The smallest absolute Gasteiger partial charge is 0.288 e. The molecule has 1 saturated carbocycles. The zero-order valence-corrected chi connectivity index (χ0v) is 11.7. The Morgan fingerprint density at radius 1 is 1.21 bits per heavy atom. The molecule has 0 aliphatic heterocycles. The van der Waals surface area contributed by atoms with Crippen LogP contribution in [0.25, 0.3) is 0 Å². The number of halogens is 2. The van der Waals surface area contributed by atoms with Crippen molar-refractivity contribution in [2.45, 2.75) is 52.0 Å². The van der Waals surface area contributed by atoms with Crippen LogP contribution in [-0.4, -0.2) is 16.0 Å². The van der Waals surface area contributed by atoms with E-state index >= 15 is 0 Å². The minimum atomic E-state index is -2.93. The minimum absolute atomic E-state index is 0.289. The maximum atomic E-state index is 13.0. The van der Waals surface area contributed by atoms with E-state index in [1.807, 2.05) is 0 Å². The summed E-state index contributed by atoms with van der Waals surface area (Å²) in [4.78, 5) is 7.83. The highest BCUT2D eigenvalue weighted by molar-refractivity contribution is 5.33. The third kappa shape index (κ3) is 3.61. The highest BCUT2D eigenvalue weighted by Crippen LogP contribution is 2.30. The van der Waals surface area contributed by atoms with Crippen LogP contribution in [0, 0.1) is 11.8 Å². The van der Waals surface area contributed by atoms with Gasteiger partial charge in [0.05, 0.1) is 12.4 Å². The normalized spacial score (nSPS) is 28.2. The quantitative estimate of drug-likeness (QED) is 0.906. The highest BCUT2D eigenvalue weighted by Gasteiger charge is 2.28. The molecule has 0 spiro atoms. The molecule has 0 radical (unpaired) electrons. The van der Waals surface area contributed by atoms with Crippen LogP contribution in [0.1, 0.15) is 45.7 Å². The Bertz CT molecular complexity index is 414. The number of anilines is 1. The molecule has 0 aromatic carbocycles. The van der Waals surface area contributed by atoms with E-state index in [-0.39, 0.29) is 5.69 Å². The Labute approximate surface area is 112 Å². The molecule has 1 aliphatic rings. The number of aromatic nitrogens is 2. The molecular weight excluding hydrogens is 248 g/mol. The van der Waals surface area contributed by atoms with Gasteiger partial charge in [-0.2, -0.15) is 8.78 Å². The van der Waals surface area contributed by atoms with E-state index in [1.54, 1.807) is 0 Å². The lowest BCUT2D eigenvalue weighted by atomic mass is 9.80. The Balaban J connectivity index is 2.03. The summed E-state index contributed by atoms with van der Waals surface area (Å²) in [6.45, 7) is 5.29. The molecular formula is C14H21F2N3.